The number of anilines is 1. The predicted molar refractivity (Wildman–Crippen MR) is 60.5 cm³/mol. The fourth-order valence-corrected chi connectivity index (χ4v) is 1.90. The van der Waals surface area contributed by atoms with E-state index >= 15 is 0 Å². The van der Waals surface area contributed by atoms with Gasteiger partial charge in [0, 0.05) is 12.6 Å². The monoisotopic (exact) mass is 239 g/mol. The number of carbonyl (C=O) groups excluding carboxylic acids is 1. The summed E-state index contributed by atoms with van der Waals surface area (Å²) in [5, 5.41) is 8.96. The number of hydrogen-bond donors (Lipinski definition) is 1. The highest BCUT2D eigenvalue weighted by atomic mass is 19.1. The first-order valence-corrected chi connectivity index (χ1v) is 5.49. The zero-order valence-electron chi connectivity index (χ0n) is 9.52. The van der Waals surface area contributed by atoms with Crippen molar-refractivity contribution in [3.63, 3.8) is 0 Å². The number of rotatable bonds is 2. The smallest absolute Gasteiger partial charge is 0.230 e. The van der Waals surface area contributed by atoms with E-state index in [1.807, 2.05) is 0 Å². The molecule has 0 unspecified atom stereocenters. The number of carbonyl (C=O) groups is 1. The Kier molecular flexibility index (Phi) is 3.28. The van der Waals surface area contributed by atoms with E-state index in [9.17, 15) is 9.18 Å². The molecule has 0 saturated carbocycles. The maximum atomic E-state index is 13.2. The van der Waals surface area contributed by atoms with Gasteiger partial charge in [-0.1, -0.05) is 0 Å². The summed E-state index contributed by atoms with van der Waals surface area (Å²) in [5.74, 6) is -0.133. The van der Waals surface area contributed by atoms with Gasteiger partial charge in [0.15, 0.2) is 0 Å². The molecular weight excluding hydrogens is 225 g/mol. The van der Waals surface area contributed by atoms with E-state index < -0.39 is 5.82 Å². The molecule has 0 saturated heterocycles. The Bertz CT molecular complexity index is 436. The van der Waals surface area contributed by atoms with Gasteiger partial charge in [-0.25, -0.2) is 4.39 Å². The zero-order valence-corrected chi connectivity index (χ0v) is 9.52. The summed E-state index contributed by atoms with van der Waals surface area (Å²) in [6.45, 7) is 1.76. The van der Waals surface area contributed by atoms with Crippen molar-refractivity contribution in [3.8, 4) is 5.75 Å². The van der Waals surface area contributed by atoms with Gasteiger partial charge >= 0.3 is 0 Å². The van der Waals surface area contributed by atoms with Crippen LogP contribution in [0.3, 0.4) is 0 Å². The van der Waals surface area contributed by atoms with Gasteiger partial charge in [-0.05, 0) is 19.1 Å². The van der Waals surface area contributed by atoms with Crippen molar-refractivity contribution < 1.29 is 19.0 Å². The lowest BCUT2D eigenvalue weighted by Crippen LogP contribution is -2.33. The highest BCUT2D eigenvalue weighted by molar-refractivity contribution is 5.95. The lowest BCUT2D eigenvalue weighted by atomic mass is 10.2. The Balaban J connectivity index is 2.46. The second-order valence-electron chi connectivity index (χ2n) is 4.01. The van der Waals surface area contributed by atoms with Crippen molar-refractivity contribution in [2.75, 3.05) is 18.1 Å². The van der Waals surface area contributed by atoms with Crippen LogP contribution in [-0.2, 0) is 4.79 Å². The van der Waals surface area contributed by atoms with Crippen LogP contribution in [0.25, 0.3) is 0 Å². The number of hydrogen-bond acceptors (Lipinski definition) is 3. The molecule has 0 fully saturated rings. The van der Waals surface area contributed by atoms with Gasteiger partial charge in [0.2, 0.25) is 5.91 Å². The number of halogens is 1. The molecule has 4 nitrogen and oxygen atoms in total. The van der Waals surface area contributed by atoms with E-state index in [0.717, 1.165) is 0 Å². The molecule has 0 spiro atoms. The largest absolute Gasteiger partial charge is 0.488 e. The Morgan fingerprint density at radius 2 is 2.35 bits per heavy atom. The summed E-state index contributed by atoms with van der Waals surface area (Å²) in [7, 11) is 0. The molecule has 0 aliphatic carbocycles. The van der Waals surface area contributed by atoms with E-state index in [4.69, 9.17) is 9.84 Å². The molecule has 1 aliphatic heterocycles. The van der Waals surface area contributed by atoms with Crippen LogP contribution in [0.5, 0.6) is 5.75 Å². The molecule has 5 heteroatoms. The molecule has 1 amide bonds. The molecule has 0 aromatic heterocycles. The third kappa shape index (κ3) is 2.39. The molecule has 1 atom stereocenters. The van der Waals surface area contributed by atoms with E-state index in [2.05, 4.69) is 0 Å². The summed E-state index contributed by atoms with van der Waals surface area (Å²) in [4.78, 5) is 13.3. The van der Waals surface area contributed by atoms with Crippen molar-refractivity contribution >= 4 is 11.6 Å². The molecule has 1 aromatic rings. The molecule has 1 aliphatic rings. The van der Waals surface area contributed by atoms with Crippen molar-refractivity contribution in [3.05, 3.63) is 24.0 Å². The summed E-state index contributed by atoms with van der Waals surface area (Å²) < 4.78 is 18.8. The van der Waals surface area contributed by atoms with E-state index in [1.54, 1.807) is 6.92 Å². The average Bonchev–Trinajstić information content (AvgIpc) is 2.38. The fourth-order valence-electron chi connectivity index (χ4n) is 1.90. The summed E-state index contributed by atoms with van der Waals surface area (Å²) in [6.07, 6.45) is -0.0357. The summed E-state index contributed by atoms with van der Waals surface area (Å²) in [6, 6.07) is 4.05. The van der Waals surface area contributed by atoms with Crippen LogP contribution >= 0.6 is 0 Å². The Morgan fingerprint density at radius 3 is 3.06 bits per heavy atom. The van der Waals surface area contributed by atoms with Crippen LogP contribution in [-0.4, -0.2) is 30.3 Å². The zero-order chi connectivity index (χ0) is 12.4. The second-order valence-corrected chi connectivity index (χ2v) is 4.01. The number of aliphatic hydroxyl groups excluding tert-OH is 1. The molecule has 92 valence electrons. The van der Waals surface area contributed by atoms with Crippen molar-refractivity contribution in [1.29, 1.82) is 0 Å². The van der Waals surface area contributed by atoms with Gasteiger partial charge in [0.25, 0.3) is 0 Å². The Labute approximate surface area is 98.6 Å². The maximum Gasteiger partial charge on any atom is 0.230 e. The van der Waals surface area contributed by atoms with Gasteiger partial charge in [0.05, 0.1) is 18.7 Å². The first-order valence-electron chi connectivity index (χ1n) is 5.49. The van der Waals surface area contributed by atoms with Gasteiger partial charge < -0.3 is 14.7 Å². The highest BCUT2D eigenvalue weighted by Crippen LogP contribution is 2.33. The minimum absolute atomic E-state index is 0.144. The number of amides is 1. The van der Waals surface area contributed by atoms with E-state index in [-0.39, 0.29) is 31.6 Å². The number of ether oxygens (including phenoxy) is 1. The molecular formula is C12H14FNO3. The topological polar surface area (TPSA) is 49.8 Å². The molecule has 1 aromatic carbocycles. The number of fused-ring (bicyclic) bond motifs is 1. The van der Waals surface area contributed by atoms with Gasteiger partial charge in [0.1, 0.15) is 17.7 Å². The van der Waals surface area contributed by atoms with Crippen molar-refractivity contribution in [1.82, 2.24) is 0 Å². The first-order chi connectivity index (χ1) is 8.11. The van der Waals surface area contributed by atoms with Crippen molar-refractivity contribution in [2.45, 2.75) is 19.4 Å². The Morgan fingerprint density at radius 1 is 1.59 bits per heavy atom. The molecule has 2 rings (SSSR count). The number of aliphatic hydroxyl groups is 1. The van der Waals surface area contributed by atoms with Crippen LogP contribution in [0.15, 0.2) is 18.2 Å². The van der Waals surface area contributed by atoms with Gasteiger partial charge in [-0.3, -0.25) is 4.79 Å². The number of nitrogens with zero attached hydrogens (tertiary/aromatic N) is 1. The maximum absolute atomic E-state index is 13.2. The molecule has 0 radical (unpaired) electrons. The lowest BCUT2D eigenvalue weighted by Gasteiger charge is -2.20. The Hall–Kier alpha value is -1.62. The third-order valence-electron chi connectivity index (χ3n) is 2.63. The number of benzene rings is 1. The van der Waals surface area contributed by atoms with Crippen LogP contribution in [0, 0.1) is 5.82 Å². The standard InChI is InChI=1S/C12H14FNO3/c1-8-6-12(16)14(4-5-15)10-7-9(13)2-3-11(10)17-8/h2-3,7-8,15H,4-6H2,1H3/t8-/m1/s1. The lowest BCUT2D eigenvalue weighted by molar-refractivity contribution is -0.119. The molecule has 1 heterocycles. The fraction of sp³-hybridized carbons (Fsp3) is 0.417. The first kappa shape index (κ1) is 11.9. The van der Waals surface area contributed by atoms with Gasteiger partial charge in [-0.2, -0.15) is 0 Å². The van der Waals surface area contributed by atoms with Crippen LogP contribution in [0.4, 0.5) is 10.1 Å². The van der Waals surface area contributed by atoms with Crippen LogP contribution in [0.2, 0.25) is 0 Å². The summed E-state index contributed by atoms with van der Waals surface area (Å²) in [5.41, 5.74) is 0.383. The normalized spacial score (nSPS) is 19.6. The van der Waals surface area contributed by atoms with Crippen molar-refractivity contribution in [2.24, 2.45) is 0 Å². The number of β-amino-alcohol motifs (C(OH)–C–C–N with tert-alkyl or cyclic N) is 1. The second kappa shape index (κ2) is 4.71. The third-order valence-corrected chi connectivity index (χ3v) is 2.63. The van der Waals surface area contributed by atoms with Gasteiger partial charge in [-0.15, -0.1) is 0 Å². The quantitative estimate of drug-likeness (QED) is 0.846. The van der Waals surface area contributed by atoms with Crippen LogP contribution in [0.1, 0.15) is 13.3 Å². The SMILES string of the molecule is C[C@@H]1CC(=O)N(CCO)c2cc(F)ccc2O1. The van der Waals surface area contributed by atoms with E-state index in [1.165, 1.54) is 23.1 Å². The molecule has 17 heavy (non-hydrogen) atoms. The van der Waals surface area contributed by atoms with E-state index in [0.29, 0.717) is 11.4 Å². The minimum atomic E-state index is -0.433. The van der Waals surface area contributed by atoms with Crippen LogP contribution < -0.4 is 9.64 Å². The molecule has 1 N–H and O–H groups in total. The highest BCUT2D eigenvalue weighted by Gasteiger charge is 2.26. The minimum Gasteiger partial charge on any atom is -0.488 e. The summed E-state index contributed by atoms with van der Waals surface area (Å²) >= 11 is 0. The average molecular weight is 239 g/mol. The predicted octanol–water partition coefficient (Wildman–Crippen LogP) is 1.32. The molecule has 0 bridgehead atoms.